The predicted octanol–water partition coefficient (Wildman–Crippen LogP) is 3.40. The minimum absolute atomic E-state index is 0.389. The average molecular weight is 343 g/mol. The maximum absolute atomic E-state index is 5.04. The third kappa shape index (κ3) is 3.98. The van der Waals surface area contributed by atoms with Gasteiger partial charge in [0, 0.05) is 29.0 Å². The highest BCUT2D eigenvalue weighted by Gasteiger charge is 2.05. The van der Waals surface area contributed by atoms with Gasteiger partial charge in [-0.1, -0.05) is 0 Å². The van der Waals surface area contributed by atoms with Crippen molar-refractivity contribution in [1.29, 1.82) is 0 Å². The van der Waals surface area contributed by atoms with Crippen molar-refractivity contribution in [1.82, 2.24) is 5.32 Å². The average Bonchev–Trinajstić information content (AvgIpc) is 2.44. The van der Waals surface area contributed by atoms with Crippen LogP contribution in [0.1, 0.15) is 11.8 Å². The van der Waals surface area contributed by atoms with Gasteiger partial charge < -0.3 is 10.1 Å². The first-order valence-electron chi connectivity index (χ1n) is 4.29. The number of rotatable bonds is 5. The van der Waals surface area contributed by atoms with E-state index in [1.54, 1.807) is 18.4 Å². The lowest BCUT2D eigenvalue weighted by Crippen LogP contribution is -2.29. The topological polar surface area (TPSA) is 21.3 Å². The van der Waals surface area contributed by atoms with Crippen LogP contribution in [0.15, 0.2) is 14.3 Å². The van der Waals surface area contributed by atoms with Crippen LogP contribution in [0, 0.1) is 0 Å². The summed E-state index contributed by atoms with van der Waals surface area (Å²) in [7, 11) is 1.72. The fourth-order valence-electron chi connectivity index (χ4n) is 1.06. The molecule has 80 valence electrons. The van der Waals surface area contributed by atoms with E-state index in [2.05, 4.69) is 50.2 Å². The largest absolute Gasteiger partial charge is 0.383 e. The molecule has 0 saturated heterocycles. The lowest BCUT2D eigenvalue weighted by Gasteiger charge is -2.11. The molecule has 1 aromatic heterocycles. The summed E-state index contributed by atoms with van der Waals surface area (Å²) in [6.07, 6.45) is 0. The summed E-state index contributed by atoms with van der Waals surface area (Å²) in [6.45, 7) is 3.74. The van der Waals surface area contributed by atoms with Gasteiger partial charge in [-0.15, -0.1) is 11.3 Å². The standard InChI is InChI=1S/C9H13Br2NOS/c1-6(5-13-2)12-4-7-3-8(10)9(11)14-7/h3,6,12H,4-5H2,1-2H3. The van der Waals surface area contributed by atoms with Crippen LogP contribution in [-0.4, -0.2) is 19.8 Å². The maximum atomic E-state index is 5.04. The molecule has 0 bridgehead atoms. The van der Waals surface area contributed by atoms with Gasteiger partial charge in [-0.25, -0.2) is 0 Å². The number of nitrogens with one attached hydrogen (secondary N) is 1. The van der Waals surface area contributed by atoms with E-state index >= 15 is 0 Å². The summed E-state index contributed by atoms with van der Waals surface area (Å²) >= 11 is 8.68. The van der Waals surface area contributed by atoms with E-state index < -0.39 is 0 Å². The van der Waals surface area contributed by atoms with Gasteiger partial charge >= 0.3 is 0 Å². The van der Waals surface area contributed by atoms with Crippen molar-refractivity contribution in [2.75, 3.05) is 13.7 Å². The zero-order chi connectivity index (χ0) is 10.6. The van der Waals surface area contributed by atoms with E-state index in [9.17, 15) is 0 Å². The number of ether oxygens (including phenoxy) is 1. The van der Waals surface area contributed by atoms with Gasteiger partial charge in [0.05, 0.1) is 10.4 Å². The molecule has 1 aromatic rings. The Hall–Kier alpha value is 0.580. The molecule has 2 nitrogen and oxygen atoms in total. The smallest absolute Gasteiger partial charge is 0.0843 e. The molecular weight excluding hydrogens is 330 g/mol. The second-order valence-electron chi connectivity index (χ2n) is 3.07. The van der Waals surface area contributed by atoms with E-state index in [0.29, 0.717) is 6.04 Å². The predicted molar refractivity (Wildman–Crippen MR) is 67.9 cm³/mol. The molecule has 0 radical (unpaired) electrons. The van der Waals surface area contributed by atoms with Gasteiger partial charge in [-0.05, 0) is 44.8 Å². The van der Waals surface area contributed by atoms with Crippen molar-refractivity contribution in [3.8, 4) is 0 Å². The molecule has 0 aromatic carbocycles. The highest BCUT2D eigenvalue weighted by Crippen LogP contribution is 2.32. The Morgan fingerprint density at radius 1 is 1.57 bits per heavy atom. The van der Waals surface area contributed by atoms with Crippen molar-refractivity contribution in [2.45, 2.75) is 19.5 Å². The third-order valence-electron chi connectivity index (χ3n) is 1.74. The first-order valence-corrected chi connectivity index (χ1v) is 6.69. The summed E-state index contributed by atoms with van der Waals surface area (Å²) in [5, 5.41) is 3.38. The minimum Gasteiger partial charge on any atom is -0.383 e. The van der Waals surface area contributed by atoms with Crippen LogP contribution in [0.25, 0.3) is 0 Å². The molecule has 5 heteroatoms. The SMILES string of the molecule is COCC(C)NCc1cc(Br)c(Br)s1. The number of thiophene rings is 1. The quantitative estimate of drug-likeness (QED) is 0.885. The molecule has 0 fully saturated rings. The van der Waals surface area contributed by atoms with Crippen LogP contribution < -0.4 is 5.32 Å². The third-order valence-corrected chi connectivity index (χ3v) is 4.99. The Bertz CT molecular complexity index is 271. The first kappa shape index (κ1) is 12.6. The molecule has 0 aliphatic rings. The summed E-state index contributed by atoms with van der Waals surface area (Å²) in [5.74, 6) is 0. The van der Waals surface area contributed by atoms with Crippen molar-refractivity contribution in [2.24, 2.45) is 0 Å². The Kier molecular flexibility index (Phi) is 5.62. The molecule has 1 heterocycles. The highest BCUT2D eigenvalue weighted by molar-refractivity contribution is 9.13. The lowest BCUT2D eigenvalue weighted by molar-refractivity contribution is 0.172. The molecule has 0 aliphatic carbocycles. The fraction of sp³-hybridized carbons (Fsp3) is 0.556. The van der Waals surface area contributed by atoms with Crippen LogP contribution in [-0.2, 0) is 11.3 Å². The minimum atomic E-state index is 0.389. The van der Waals surface area contributed by atoms with Gasteiger partial charge in [-0.2, -0.15) is 0 Å². The molecule has 0 saturated carbocycles. The summed E-state index contributed by atoms with van der Waals surface area (Å²) in [4.78, 5) is 1.31. The van der Waals surface area contributed by atoms with Gasteiger partial charge in [0.25, 0.3) is 0 Å². The van der Waals surface area contributed by atoms with Crippen LogP contribution >= 0.6 is 43.2 Å². The fourth-order valence-corrected chi connectivity index (χ4v) is 3.19. The first-order chi connectivity index (χ1) is 6.63. The molecule has 14 heavy (non-hydrogen) atoms. The van der Waals surface area contributed by atoms with Crippen molar-refractivity contribution >= 4 is 43.2 Å². The summed E-state index contributed by atoms with van der Waals surface area (Å²) < 4.78 is 7.31. The van der Waals surface area contributed by atoms with E-state index in [4.69, 9.17) is 4.74 Å². The van der Waals surface area contributed by atoms with Gasteiger partial charge in [0.1, 0.15) is 0 Å². The van der Waals surface area contributed by atoms with Crippen molar-refractivity contribution < 1.29 is 4.74 Å². The Morgan fingerprint density at radius 2 is 2.29 bits per heavy atom. The molecule has 0 spiro atoms. The van der Waals surface area contributed by atoms with E-state index in [1.807, 2.05) is 0 Å². The second kappa shape index (κ2) is 6.23. The monoisotopic (exact) mass is 341 g/mol. The van der Waals surface area contributed by atoms with E-state index in [-0.39, 0.29) is 0 Å². The second-order valence-corrected chi connectivity index (χ2v) is 6.38. The van der Waals surface area contributed by atoms with Crippen LogP contribution in [0.3, 0.4) is 0 Å². The molecule has 1 N–H and O–H groups in total. The molecular formula is C9H13Br2NOS. The Morgan fingerprint density at radius 3 is 2.79 bits per heavy atom. The van der Waals surface area contributed by atoms with Crippen LogP contribution in [0.5, 0.6) is 0 Å². The highest BCUT2D eigenvalue weighted by atomic mass is 79.9. The van der Waals surface area contributed by atoms with Crippen molar-refractivity contribution in [3.05, 3.63) is 19.2 Å². The Balaban J connectivity index is 2.38. The number of hydrogen-bond donors (Lipinski definition) is 1. The lowest BCUT2D eigenvalue weighted by atomic mass is 10.3. The normalized spacial score (nSPS) is 13.1. The Labute approximate surface area is 105 Å². The van der Waals surface area contributed by atoms with Gasteiger partial charge in [-0.3, -0.25) is 0 Å². The molecule has 1 rings (SSSR count). The zero-order valence-electron chi connectivity index (χ0n) is 8.14. The van der Waals surface area contributed by atoms with Crippen LogP contribution in [0.2, 0.25) is 0 Å². The maximum Gasteiger partial charge on any atom is 0.0843 e. The number of halogens is 2. The number of methoxy groups -OCH3 is 1. The molecule has 1 atom stereocenters. The summed E-state index contributed by atoms with van der Waals surface area (Å²) in [5.41, 5.74) is 0. The number of hydrogen-bond acceptors (Lipinski definition) is 3. The van der Waals surface area contributed by atoms with E-state index in [0.717, 1.165) is 21.4 Å². The van der Waals surface area contributed by atoms with Crippen LogP contribution in [0.4, 0.5) is 0 Å². The zero-order valence-corrected chi connectivity index (χ0v) is 12.1. The van der Waals surface area contributed by atoms with Crippen molar-refractivity contribution in [3.63, 3.8) is 0 Å². The van der Waals surface area contributed by atoms with Gasteiger partial charge in [0.2, 0.25) is 0 Å². The molecule has 0 aliphatic heterocycles. The molecule has 1 unspecified atom stereocenters. The summed E-state index contributed by atoms with van der Waals surface area (Å²) in [6, 6.07) is 2.51. The van der Waals surface area contributed by atoms with Gasteiger partial charge in [0.15, 0.2) is 0 Å². The van der Waals surface area contributed by atoms with E-state index in [1.165, 1.54) is 4.88 Å². The molecule has 0 amide bonds.